The van der Waals surface area contributed by atoms with Crippen molar-refractivity contribution in [2.75, 3.05) is 13.1 Å². The van der Waals surface area contributed by atoms with Gasteiger partial charge in [-0.25, -0.2) is 4.99 Å². The zero-order valence-electron chi connectivity index (χ0n) is 10.2. The van der Waals surface area contributed by atoms with Crippen LogP contribution in [0.4, 0.5) is 0 Å². The van der Waals surface area contributed by atoms with Crippen molar-refractivity contribution in [2.24, 2.45) is 10.7 Å². The maximum Gasteiger partial charge on any atom is 0.189 e. The van der Waals surface area contributed by atoms with Crippen molar-refractivity contribution in [3.05, 3.63) is 54.1 Å². The predicted molar refractivity (Wildman–Crippen MR) is 74.8 cm³/mol. The lowest BCUT2D eigenvalue weighted by Crippen LogP contribution is -2.32. The molecule has 0 aliphatic heterocycles. The van der Waals surface area contributed by atoms with E-state index in [1.807, 2.05) is 49.4 Å². The molecule has 0 atom stereocenters. The van der Waals surface area contributed by atoms with Crippen LogP contribution in [0.15, 0.2) is 53.6 Å². The van der Waals surface area contributed by atoms with Crippen LogP contribution in [0.3, 0.4) is 0 Å². The Morgan fingerprint density at radius 3 is 2.76 bits per heavy atom. The summed E-state index contributed by atoms with van der Waals surface area (Å²) in [5.41, 5.74) is 7.86. The second-order valence-electron chi connectivity index (χ2n) is 3.85. The first-order chi connectivity index (χ1) is 8.18. The van der Waals surface area contributed by atoms with Crippen LogP contribution in [0.2, 0.25) is 0 Å². The lowest BCUT2D eigenvalue weighted by molar-refractivity contribution is 0.961. The molecule has 0 unspecified atom stereocenters. The molecular formula is C14H19N3. The first-order valence-corrected chi connectivity index (χ1v) is 5.58. The summed E-state index contributed by atoms with van der Waals surface area (Å²) in [7, 11) is 0. The smallest absolute Gasteiger partial charge is 0.189 e. The number of benzene rings is 1. The first-order valence-electron chi connectivity index (χ1n) is 5.58. The zero-order chi connectivity index (χ0) is 12.5. The van der Waals surface area contributed by atoms with E-state index in [1.165, 1.54) is 0 Å². The molecule has 0 aromatic heterocycles. The van der Waals surface area contributed by atoms with Gasteiger partial charge in [0.15, 0.2) is 5.96 Å². The summed E-state index contributed by atoms with van der Waals surface area (Å²) in [6.07, 6.45) is 4.00. The maximum atomic E-state index is 5.67. The number of hydrogen-bond acceptors (Lipinski definition) is 1. The van der Waals surface area contributed by atoms with Crippen molar-refractivity contribution in [1.82, 2.24) is 5.32 Å². The fourth-order valence-corrected chi connectivity index (χ4v) is 1.20. The molecule has 0 radical (unpaired) electrons. The van der Waals surface area contributed by atoms with Crippen LogP contribution in [0, 0.1) is 0 Å². The Bertz CT molecular complexity index is 405. The number of hydrogen-bond donors (Lipinski definition) is 2. The molecule has 0 bridgehead atoms. The van der Waals surface area contributed by atoms with Crippen molar-refractivity contribution in [2.45, 2.75) is 6.92 Å². The lowest BCUT2D eigenvalue weighted by Gasteiger charge is -2.03. The van der Waals surface area contributed by atoms with Crippen LogP contribution in [0.1, 0.15) is 12.5 Å². The molecule has 0 saturated carbocycles. The molecule has 3 N–H and O–H groups in total. The van der Waals surface area contributed by atoms with E-state index in [1.54, 1.807) is 0 Å². The van der Waals surface area contributed by atoms with Gasteiger partial charge >= 0.3 is 0 Å². The SMILES string of the molecule is C=C(C)CNC(N)=NCC=Cc1ccccc1. The maximum absolute atomic E-state index is 5.67. The summed E-state index contributed by atoms with van der Waals surface area (Å²) >= 11 is 0. The summed E-state index contributed by atoms with van der Waals surface area (Å²) < 4.78 is 0. The number of nitrogens with zero attached hydrogens (tertiary/aromatic N) is 1. The molecule has 3 heteroatoms. The largest absolute Gasteiger partial charge is 0.370 e. The Morgan fingerprint density at radius 1 is 1.41 bits per heavy atom. The van der Waals surface area contributed by atoms with Crippen molar-refractivity contribution in [3.63, 3.8) is 0 Å². The van der Waals surface area contributed by atoms with Crippen molar-refractivity contribution >= 4 is 12.0 Å². The Labute approximate surface area is 103 Å². The summed E-state index contributed by atoms with van der Waals surface area (Å²) in [5, 5.41) is 2.98. The molecule has 0 fully saturated rings. The second kappa shape index (κ2) is 7.28. The van der Waals surface area contributed by atoms with E-state index < -0.39 is 0 Å². The Morgan fingerprint density at radius 2 is 2.12 bits per heavy atom. The molecule has 1 aromatic carbocycles. The Kier molecular flexibility index (Phi) is 5.58. The van der Waals surface area contributed by atoms with Crippen molar-refractivity contribution < 1.29 is 0 Å². The van der Waals surface area contributed by atoms with Crippen LogP contribution in [-0.2, 0) is 0 Å². The molecule has 1 rings (SSSR count). The molecule has 0 aliphatic carbocycles. The van der Waals surface area contributed by atoms with E-state index in [2.05, 4.69) is 16.9 Å². The second-order valence-corrected chi connectivity index (χ2v) is 3.85. The van der Waals surface area contributed by atoms with Gasteiger partial charge < -0.3 is 11.1 Å². The van der Waals surface area contributed by atoms with Gasteiger partial charge in [0.2, 0.25) is 0 Å². The molecule has 1 aromatic rings. The molecule has 17 heavy (non-hydrogen) atoms. The zero-order valence-corrected chi connectivity index (χ0v) is 10.2. The fraction of sp³-hybridized carbons (Fsp3) is 0.214. The average Bonchev–Trinajstić information content (AvgIpc) is 2.33. The molecule has 3 nitrogen and oxygen atoms in total. The van der Waals surface area contributed by atoms with E-state index >= 15 is 0 Å². The molecule has 0 aliphatic rings. The minimum atomic E-state index is 0.450. The number of nitrogens with two attached hydrogens (primary N) is 1. The van der Waals surface area contributed by atoms with Gasteiger partial charge in [0.25, 0.3) is 0 Å². The fourth-order valence-electron chi connectivity index (χ4n) is 1.20. The van der Waals surface area contributed by atoms with Crippen molar-refractivity contribution in [3.8, 4) is 0 Å². The molecule has 90 valence electrons. The standard InChI is InChI=1S/C14H19N3/c1-12(2)11-17-14(15)16-10-6-9-13-7-4-3-5-8-13/h3-9H,1,10-11H2,2H3,(H3,15,16,17). The summed E-state index contributed by atoms with van der Waals surface area (Å²) in [6, 6.07) is 10.1. The quantitative estimate of drug-likeness (QED) is 0.462. The Balaban J connectivity index is 2.33. The van der Waals surface area contributed by atoms with E-state index in [9.17, 15) is 0 Å². The van der Waals surface area contributed by atoms with Crippen LogP contribution in [0.5, 0.6) is 0 Å². The average molecular weight is 229 g/mol. The topological polar surface area (TPSA) is 50.4 Å². The van der Waals surface area contributed by atoms with E-state index in [4.69, 9.17) is 5.73 Å². The normalized spacial score (nSPS) is 11.7. The van der Waals surface area contributed by atoms with Gasteiger partial charge in [0, 0.05) is 6.54 Å². The molecule has 0 saturated heterocycles. The first kappa shape index (κ1) is 13.0. The summed E-state index contributed by atoms with van der Waals surface area (Å²) in [4.78, 5) is 4.17. The molecule has 0 spiro atoms. The van der Waals surface area contributed by atoms with Gasteiger partial charge in [-0.15, -0.1) is 0 Å². The minimum absolute atomic E-state index is 0.450. The highest BCUT2D eigenvalue weighted by Crippen LogP contribution is 2.00. The number of guanidine groups is 1. The minimum Gasteiger partial charge on any atom is -0.370 e. The van der Waals surface area contributed by atoms with Gasteiger partial charge in [-0.1, -0.05) is 54.6 Å². The van der Waals surface area contributed by atoms with E-state index in [0.29, 0.717) is 19.0 Å². The third-order valence-electron chi connectivity index (χ3n) is 2.05. The molecular weight excluding hydrogens is 210 g/mol. The third-order valence-corrected chi connectivity index (χ3v) is 2.05. The van der Waals surface area contributed by atoms with E-state index in [0.717, 1.165) is 11.1 Å². The van der Waals surface area contributed by atoms with Gasteiger partial charge in [0.05, 0.1) is 6.54 Å². The molecule has 0 heterocycles. The van der Waals surface area contributed by atoms with E-state index in [-0.39, 0.29) is 0 Å². The summed E-state index contributed by atoms with van der Waals surface area (Å²) in [6.45, 7) is 6.95. The van der Waals surface area contributed by atoms with Crippen LogP contribution in [0.25, 0.3) is 6.08 Å². The van der Waals surface area contributed by atoms with Crippen LogP contribution >= 0.6 is 0 Å². The lowest BCUT2D eigenvalue weighted by atomic mass is 10.2. The molecule has 0 amide bonds. The van der Waals surface area contributed by atoms with Gasteiger partial charge in [-0.05, 0) is 12.5 Å². The van der Waals surface area contributed by atoms with Crippen LogP contribution in [-0.4, -0.2) is 19.0 Å². The number of aliphatic imine (C=N–C) groups is 1. The van der Waals surface area contributed by atoms with Crippen LogP contribution < -0.4 is 11.1 Å². The van der Waals surface area contributed by atoms with Crippen molar-refractivity contribution in [1.29, 1.82) is 0 Å². The summed E-state index contributed by atoms with van der Waals surface area (Å²) in [5.74, 6) is 0.450. The highest BCUT2D eigenvalue weighted by molar-refractivity contribution is 5.78. The third kappa shape index (κ3) is 6.20. The van der Waals surface area contributed by atoms with Gasteiger partial charge in [0.1, 0.15) is 0 Å². The monoisotopic (exact) mass is 229 g/mol. The Hall–Kier alpha value is -2.03. The highest BCUT2D eigenvalue weighted by Gasteiger charge is 1.89. The van der Waals surface area contributed by atoms with Gasteiger partial charge in [-0.3, -0.25) is 0 Å². The number of nitrogens with one attached hydrogen (secondary N) is 1. The highest BCUT2D eigenvalue weighted by atomic mass is 15.1. The van der Waals surface area contributed by atoms with Gasteiger partial charge in [-0.2, -0.15) is 0 Å². The predicted octanol–water partition coefficient (Wildman–Crippen LogP) is 2.18. The number of rotatable bonds is 5.